The number of hydrogen-bond donors (Lipinski definition) is 0. The van der Waals surface area contributed by atoms with E-state index in [4.69, 9.17) is 9.73 Å². The van der Waals surface area contributed by atoms with E-state index in [0.29, 0.717) is 12.5 Å². The smallest absolute Gasteiger partial charge is 0.132 e. The maximum absolute atomic E-state index is 6.81. The lowest BCUT2D eigenvalue weighted by Gasteiger charge is -2.45. The third-order valence-electron chi connectivity index (χ3n) is 14.8. The maximum Gasteiger partial charge on any atom is 0.132 e. The van der Waals surface area contributed by atoms with Crippen LogP contribution in [0, 0.1) is 5.92 Å². The number of aliphatic imine (C=N–C) groups is 1. The first kappa shape index (κ1) is 37.5. The van der Waals surface area contributed by atoms with E-state index in [1.54, 1.807) is 0 Å². The van der Waals surface area contributed by atoms with Gasteiger partial charge in [0, 0.05) is 28.0 Å². The van der Waals surface area contributed by atoms with Crippen LogP contribution in [0.5, 0.6) is 5.75 Å². The number of allylic oxidation sites excluding steroid dienone is 3. The second kappa shape index (κ2) is 14.0. The monoisotopic (exact) mass is 789 g/mol. The van der Waals surface area contributed by atoms with E-state index < -0.39 is 5.41 Å². The zero-order valence-corrected chi connectivity index (χ0v) is 35.7. The Balaban J connectivity index is 0.962. The highest BCUT2D eigenvalue weighted by Gasteiger charge is 2.53. The summed E-state index contributed by atoms with van der Waals surface area (Å²) in [7, 11) is 0. The highest BCUT2D eigenvalue weighted by atomic mass is 16.5. The van der Waals surface area contributed by atoms with Gasteiger partial charge >= 0.3 is 0 Å². The Labute approximate surface area is 361 Å². The van der Waals surface area contributed by atoms with Crippen molar-refractivity contribution in [1.29, 1.82) is 0 Å². The van der Waals surface area contributed by atoms with Crippen LogP contribution in [0.25, 0.3) is 22.3 Å². The van der Waals surface area contributed by atoms with Gasteiger partial charge < -0.3 is 4.74 Å². The SMILES string of the molecule is CC(C(=NCc1ccc2c(c1)C(C)(C)c1ccccc1-2)c1ccc(C2(C)C=CC3=C(C2)C2(c4ccccc4O3)c3ccccc3-c3ccccc32)cc1)C(C)c1ccccc1. The van der Waals surface area contributed by atoms with Crippen LogP contribution in [0.3, 0.4) is 0 Å². The van der Waals surface area contributed by atoms with Crippen LogP contribution in [0.2, 0.25) is 0 Å². The molecule has 0 aromatic heterocycles. The van der Waals surface area contributed by atoms with Gasteiger partial charge in [0.05, 0.1) is 12.0 Å². The zero-order chi connectivity index (χ0) is 41.5. The van der Waals surface area contributed by atoms with Gasteiger partial charge in [-0.15, -0.1) is 0 Å². The summed E-state index contributed by atoms with van der Waals surface area (Å²) in [6.07, 6.45) is 5.45. The topological polar surface area (TPSA) is 21.6 Å². The van der Waals surface area contributed by atoms with Crippen molar-refractivity contribution in [3.05, 3.63) is 243 Å². The maximum atomic E-state index is 6.81. The minimum absolute atomic E-state index is 0.0444. The lowest BCUT2D eigenvalue weighted by atomic mass is 9.60. The average Bonchev–Trinajstić information content (AvgIpc) is 3.72. The third-order valence-corrected chi connectivity index (χ3v) is 14.8. The molecular weight excluding hydrogens is 739 g/mol. The molecular formula is C59H51NO. The summed E-state index contributed by atoms with van der Waals surface area (Å²) in [5, 5.41) is 0. The largest absolute Gasteiger partial charge is 0.457 e. The van der Waals surface area contributed by atoms with Gasteiger partial charge in [0.25, 0.3) is 0 Å². The minimum atomic E-state index is -0.443. The second-order valence-electron chi connectivity index (χ2n) is 18.5. The van der Waals surface area contributed by atoms with E-state index in [9.17, 15) is 0 Å². The number of benzene rings is 7. The second-order valence-corrected chi connectivity index (χ2v) is 18.5. The highest BCUT2D eigenvalue weighted by molar-refractivity contribution is 6.02. The number of hydrogen-bond acceptors (Lipinski definition) is 2. The molecule has 1 spiro atoms. The van der Waals surface area contributed by atoms with Gasteiger partial charge in [0.2, 0.25) is 0 Å². The minimum Gasteiger partial charge on any atom is -0.457 e. The van der Waals surface area contributed by atoms with E-state index in [2.05, 4.69) is 217 Å². The molecule has 0 saturated carbocycles. The lowest BCUT2D eigenvalue weighted by Crippen LogP contribution is -2.39. The highest BCUT2D eigenvalue weighted by Crippen LogP contribution is 2.63. The third kappa shape index (κ3) is 5.65. The Morgan fingerprint density at radius 3 is 1.85 bits per heavy atom. The van der Waals surface area contributed by atoms with Crippen LogP contribution < -0.4 is 4.74 Å². The molecule has 4 aliphatic rings. The van der Waals surface area contributed by atoms with Gasteiger partial charge in [-0.05, 0) is 96.8 Å². The fourth-order valence-corrected chi connectivity index (χ4v) is 11.3. The van der Waals surface area contributed by atoms with Crippen molar-refractivity contribution in [2.75, 3.05) is 0 Å². The molecule has 1 heterocycles. The Morgan fingerprint density at radius 1 is 0.590 bits per heavy atom. The predicted molar refractivity (Wildman–Crippen MR) is 252 cm³/mol. The fourth-order valence-electron chi connectivity index (χ4n) is 11.3. The van der Waals surface area contributed by atoms with Gasteiger partial charge in [-0.3, -0.25) is 4.99 Å². The molecule has 7 aromatic carbocycles. The Morgan fingerprint density at radius 2 is 1.16 bits per heavy atom. The van der Waals surface area contributed by atoms with Gasteiger partial charge in [0.1, 0.15) is 11.5 Å². The van der Waals surface area contributed by atoms with E-state index in [0.717, 1.165) is 23.6 Å². The Hall–Kier alpha value is -6.51. The number of ether oxygens (including phenoxy) is 1. The molecule has 298 valence electrons. The Bertz CT molecular complexity index is 2920. The van der Waals surface area contributed by atoms with Crippen LogP contribution >= 0.6 is 0 Å². The van der Waals surface area contributed by atoms with Crippen LogP contribution in [0.1, 0.15) is 97.0 Å². The molecule has 61 heavy (non-hydrogen) atoms. The van der Waals surface area contributed by atoms with Crippen LogP contribution in [-0.4, -0.2) is 5.71 Å². The summed E-state index contributed by atoms with van der Waals surface area (Å²) in [5.74, 6) is 2.39. The lowest BCUT2D eigenvalue weighted by molar-refractivity contribution is 0.372. The zero-order valence-electron chi connectivity index (χ0n) is 35.7. The summed E-state index contributed by atoms with van der Waals surface area (Å²) in [6, 6.07) is 62.8. The number of fused-ring (bicyclic) bond motifs is 11. The number of nitrogens with zero attached hydrogens (tertiary/aromatic N) is 1. The Kier molecular flexibility index (Phi) is 8.62. The van der Waals surface area contributed by atoms with Crippen molar-refractivity contribution in [2.24, 2.45) is 10.9 Å². The van der Waals surface area contributed by atoms with Crippen LogP contribution in [0.15, 0.2) is 198 Å². The summed E-state index contributed by atoms with van der Waals surface area (Å²) in [6.45, 7) is 12.4. The molecule has 0 fully saturated rings. The average molecular weight is 790 g/mol. The molecule has 0 bridgehead atoms. The molecule has 0 N–H and O–H groups in total. The number of para-hydroxylation sites is 1. The molecule has 3 unspecified atom stereocenters. The first-order valence-corrected chi connectivity index (χ1v) is 22.0. The van der Waals surface area contributed by atoms with Crippen LogP contribution in [-0.2, 0) is 22.8 Å². The van der Waals surface area contributed by atoms with Crippen LogP contribution in [0.4, 0.5) is 0 Å². The summed E-state index contributed by atoms with van der Waals surface area (Å²) >= 11 is 0. The van der Waals surface area contributed by atoms with Crippen molar-refractivity contribution in [2.45, 2.75) is 69.7 Å². The van der Waals surface area contributed by atoms with Gasteiger partial charge in [-0.25, -0.2) is 0 Å². The van der Waals surface area contributed by atoms with Crippen molar-refractivity contribution < 1.29 is 4.74 Å². The molecule has 11 rings (SSSR count). The van der Waals surface area contributed by atoms with E-state index in [1.165, 1.54) is 77.9 Å². The number of rotatable bonds is 7. The molecule has 2 heteroatoms. The molecule has 2 nitrogen and oxygen atoms in total. The molecule has 0 radical (unpaired) electrons. The van der Waals surface area contributed by atoms with Crippen molar-refractivity contribution in [3.8, 4) is 28.0 Å². The summed E-state index contributed by atoms with van der Waals surface area (Å²) in [4.78, 5) is 5.54. The molecule has 0 amide bonds. The fraction of sp³-hybridized carbons (Fsp3) is 0.203. The van der Waals surface area contributed by atoms with Gasteiger partial charge in [0.15, 0.2) is 0 Å². The first-order chi connectivity index (χ1) is 29.7. The van der Waals surface area contributed by atoms with E-state index >= 15 is 0 Å². The standard InChI is InChI=1S/C59H51NO/c1-38(41-17-7-6-8-18-41)39(2)56(60-37-40-27-32-47-44-19-9-12-22-48(44)57(3,4)52(47)35-40)42-28-30-43(31-29-42)58(5)34-33-55-53(36-58)59(51-25-15-16-26-54(51)61-55)49-23-13-10-20-45(49)46-21-11-14-24-50(46)59/h6-35,38-39H,36-37H2,1-5H3. The van der Waals surface area contributed by atoms with Gasteiger partial charge in [-0.2, -0.15) is 0 Å². The quantitative estimate of drug-likeness (QED) is 0.147. The summed E-state index contributed by atoms with van der Waals surface area (Å²) in [5.41, 5.74) is 18.8. The van der Waals surface area contributed by atoms with E-state index in [1.807, 2.05) is 0 Å². The molecule has 3 aliphatic carbocycles. The van der Waals surface area contributed by atoms with Gasteiger partial charge in [-0.1, -0.05) is 204 Å². The molecule has 0 saturated heterocycles. The normalized spacial score (nSPS) is 19.5. The molecule has 1 aliphatic heterocycles. The molecule has 3 atom stereocenters. The van der Waals surface area contributed by atoms with Crippen molar-refractivity contribution in [3.63, 3.8) is 0 Å². The predicted octanol–water partition coefficient (Wildman–Crippen LogP) is 14.3. The molecule has 7 aromatic rings. The first-order valence-electron chi connectivity index (χ1n) is 22.0. The van der Waals surface area contributed by atoms with Crippen molar-refractivity contribution in [1.82, 2.24) is 0 Å². The van der Waals surface area contributed by atoms with Crippen molar-refractivity contribution >= 4 is 5.71 Å². The van der Waals surface area contributed by atoms with E-state index in [-0.39, 0.29) is 16.7 Å². The summed E-state index contributed by atoms with van der Waals surface area (Å²) < 4.78 is 6.81.